The van der Waals surface area contributed by atoms with Crippen molar-refractivity contribution in [1.29, 1.82) is 0 Å². The van der Waals surface area contributed by atoms with E-state index in [0.717, 1.165) is 11.3 Å². The van der Waals surface area contributed by atoms with Crippen molar-refractivity contribution in [3.05, 3.63) is 15.9 Å². The summed E-state index contributed by atoms with van der Waals surface area (Å²) in [7, 11) is -3.65. The SMILES string of the molecule is CC(C)C(CNS(=O)(=O)c1sccc1Br)C(=O)O. The molecule has 0 aliphatic carbocycles. The summed E-state index contributed by atoms with van der Waals surface area (Å²) in [4.78, 5) is 11.0. The van der Waals surface area contributed by atoms with E-state index in [1.807, 2.05) is 0 Å². The zero-order valence-corrected chi connectivity index (χ0v) is 13.1. The van der Waals surface area contributed by atoms with Gasteiger partial charge in [-0.3, -0.25) is 4.79 Å². The molecular formula is C10H14BrNO4S2. The molecule has 1 rings (SSSR count). The van der Waals surface area contributed by atoms with Crippen molar-refractivity contribution in [3.8, 4) is 0 Å². The molecule has 0 amide bonds. The number of halogens is 1. The molecule has 0 radical (unpaired) electrons. The van der Waals surface area contributed by atoms with Crippen LogP contribution in [0.3, 0.4) is 0 Å². The smallest absolute Gasteiger partial charge is 0.308 e. The summed E-state index contributed by atoms with van der Waals surface area (Å²) in [6, 6.07) is 1.64. The number of carboxylic acids is 1. The first-order chi connectivity index (χ1) is 8.25. The fourth-order valence-electron chi connectivity index (χ4n) is 1.34. The summed E-state index contributed by atoms with van der Waals surface area (Å²) in [5, 5.41) is 10.6. The highest BCUT2D eigenvalue weighted by Crippen LogP contribution is 2.27. The Hall–Kier alpha value is -0.440. The molecule has 1 heterocycles. The highest BCUT2D eigenvalue weighted by atomic mass is 79.9. The molecule has 0 fully saturated rings. The Bertz CT molecular complexity index is 524. The Morgan fingerprint density at radius 2 is 2.17 bits per heavy atom. The fourth-order valence-corrected chi connectivity index (χ4v) is 4.78. The Balaban J connectivity index is 2.80. The van der Waals surface area contributed by atoms with Gasteiger partial charge in [0.15, 0.2) is 0 Å². The Morgan fingerprint density at radius 1 is 1.56 bits per heavy atom. The predicted molar refractivity (Wildman–Crippen MR) is 73.2 cm³/mol. The van der Waals surface area contributed by atoms with E-state index in [1.54, 1.807) is 25.3 Å². The van der Waals surface area contributed by atoms with Crippen molar-refractivity contribution in [2.75, 3.05) is 6.54 Å². The number of rotatable bonds is 6. The first-order valence-corrected chi connectivity index (χ1v) is 8.36. The van der Waals surface area contributed by atoms with Crippen molar-refractivity contribution >= 4 is 43.3 Å². The molecule has 0 saturated carbocycles. The number of nitrogens with one attached hydrogen (secondary N) is 1. The molecule has 0 spiro atoms. The van der Waals surface area contributed by atoms with Crippen LogP contribution >= 0.6 is 27.3 Å². The molecule has 0 saturated heterocycles. The van der Waals surface area contributed by atoms with Gasteiger partial charge in [0.25, 0.3) is 10.0 Å². The van der Waals surface area contributed by atoms with Gasteiger partial charge in [0.2, 0.25) is 0 Å². The molecule has 5 nitrogen and oxygen atoms in total. The minimum absolute atomic E-state index is 0.111. The fraction of sp³-hybridized carbons (Fsp3) is 0.500. The van der Waals surface area contributed by atoms with Crippen LogP contribution < -0.4 is 4.72 Å². The van der Waals surface area contributed by atoms with Crippen molar-refractivity contribution in [1.82, 2.24) is 4.72 Å². The molecule has 0 aliphatic rings. The number of carboxylic acid groups (broad SMARTS) is 1. The maximum Gasteiger partial charge on any atom is 0.308 e. The number of aliphatic carboxylic acids is 1. The molecule has 1 aromatic rings. The molecule has 18 heavy (non-hydrogen) atoms. The van der Waals surface area contributed by atoms with Gasteiger partial charge < -0.3 is 5.11 Å². The molecule has 102 valence electrons. The Labute approximate surface area is 118 Å². The number of carbonyl (C=O) groups is 1. The standard InChI is InChI=1S/C10H14BrNO4S2/c1-6(2)7(9(13)14)5-12-18(15,16)10-8(11)3-4-17-10/h3-4,6-7,12H,5H2,1-2H3,(H,13,14). The van der Waals surface area contributed by atoms with E-state index in [-0.39, 0.29) is 16.7 Å². The minimum atomic E-state index is -3.65. The second kappa shape index (κ2) is 6.14. The molecule has 1 unspecified atom stereocenters. The lowest BCUT2D eigenvalue weighted by molar-refractivity contribution is -0.142. The van der Waals surface area contributed by atoms with Crippen LogP contribution in [0.15, 0.2) is 20.1 Å². The quantitative estimate of drug-likeness (QED) is 0.818. The summed E-state index contributed by atoms with van der Waals surface area (Å²) in [5.41, 5.74) is 0. The normalized spacial score (nSPS) is 13.8. The van der Waals surface area contributed by atoms with Gasteiger partial charge in [-0.2, -0.15) is 0 Å². The zero-order valence-electron chi connectivity index (χ0n) is 9.88. The maximum atomic E-state index is 11.9. The maximum absolute atomic E-state index is 11.9. The van der Waals surface area contributed by atoms with E-state index in [0.29, 0.717) is 4.47 Å². The average Bonchev–Trinajstić information content (AvgIpc) is 2.63. The van der Waals surface area contributed by atoms with Gasteiger partial charge in [0.1, 0.15) is 4.21 Å². The number of sulfonamides is 1. The van der Waals surface area contributed by atoms with Gasteiger partial charge in [-0.05, 0) is 33.3 Å². The topological polar surface area (TPSA) is 83.5 Å². The Morgan fingerprint density at radius 3 is 2.56 bits per heavy atom. The summed E-state index contributed by atoms with van der Waals surface area (Å²) < 4.78 is 26.9. The average molecular weight is 356 g/mol. The van der Waals surface area contributed by atoms with Crippen molar-refractivity contribution < 1.29 is 18.3 Å². The van der Waals surface area contributed by atoms with Crippen molar-refractivity contribution in [2.24, 2.45) is 11.8 Å². The van der Waals surface area contributed by atoms with Gasteiger partial charge >= 0.3 is 5.97 Å². The first-order valence-electron chi connectivity index (χ1n) is 5.21. The molecule has 8 heteroatoms. The number of thiophene rings is 1. The van der Waals surface area contributed by atoms with Gasteiger partial charge in [0.05, 0.1) is 5.92 Å². The van der Waals surface area contributed by atoms with Crippen LogP contribution in [0.1, 0.15) is 13.8 Å². The van der Waals surface area contributed by atoms with E-state index >= 15 is 0 Å². The highest BCUT2D eigenvalue weighted by molar-refractivity contribution is 9.10. The second-order valence-electron chi connectivity index (χ2n) is 4.10. The number of hydrogen-bond donors (Lipinski definition) is 2. The molecular weight excluding hydrogens is 342 g/mol. The molecule has 0 aromatic carbocycles. The van der Waals surface area contributed by atoms with Gasteiger partial charge in [0, 0.05) is 11.0 Å². The lowest BCUT2D eigenvalue weighted by Gasteiger charge is -2.16. The van der Waals surface area contributed by atoms with E-state index in [1.165, 1.54) is 0 Å². The zero-order chi connectivity index (χ0) is 13.9. The third-order valence-electron chi connectivity index (χ3n) is 2.44. The van der Waals surface area contributed by atoms with Crippen LogP contribution in [0.5, 0.6) is 0 Å². The third kappa shape index (κ3) is 3.78. The van der Waals surface area contributed by atoms with E-state index in [2.05, 4.69) is 20.7 Å². The van der Waals surface area contributed by atoms with Crippen LogP contribution in [-0.2, 0) is 14.8 Å². The van der Waals surface area contributed by atoms with Crippen molar-refractivity contribution in [2.45, 2.75) is 18.1 Å². The van der Waals surface area contributed by atoms with Crippen LogP contribution in [0, 0.1) is 11.8 Å². The molecule has 0 bridgehead atoms. The largest absolute Gasteiger partial charge is 0.481 e. The van der Waals surface area contributed by atoms with Gasteiger partial charge in [-0.1, -0.05) is 13.8 Å². The van der Waals surface area contributed by atoms with E-state index in [4.69, 9.17) is 5.11 Å². The van der Waals surface area contributed by atoms with E-state index in [9.17, 15) is 13.2 Å². The molecule has 0 aliphatic heterocycles. The van der Waals surface area contributed by atoms with Gasteiger partial charge in [-0.25, -0.2) is 13.1 Å². The predicted octanol–water partition coefficient (Wildman–Crippen LogP) is 2.15. The molecule has 2 N–H and O–H groups in total. The summed E-state index contributed by atoms with van der Waals surface area (Å²) in [6.07, 6.45) is 0. The van der Waals surface area contributed by atoms with Gasteiger partial charge in [-0.15, -0.1) is 11.3 Å². The first kappa shape index (κ1) is 15.6. The van der Waals surface area contributed by atoms with Crippen molar-refractivity contribution in [3.63, 3.8) is 0 Å². The third-order valence-corrected chi connectivity index (χ3v) is 6.54. The summed E-state index contributed by atoms with van der Waals surface area (Å²) in [6.45, 7) is 3.38. The molecule has 1 atom stereocenters. The lowest BCUT2D eigenvalue weighted by atomic mass is 9.97. The Kier molecular flexibility index (Phi) is 5.32. The van der Waals surface area contributed by atoms with Crippen LogP contribution in [0.25, 0.3) is 0 Å². The summed E-state index contributed by atoms with van der Waals surface area (Å²) in [5.74, 6) is -1.88. The minimum Gasteiger partial charge on any atom is -0.481 e. The monoisotopic (exact) mass is 355 g/mol. The summed E-state index contributed by atoms with van der Waals surface area (Å²) >= 11 is 4.22. The van der Waals surface area contributed by atoms with Crippen LogP contribution in [-0.4, -0.2) is 26.0 Å². The molecule has 1 aromatic heterocycles. The number of hydrogen-bond acceptors (Lipinski definition) is 4. The highest BCUT2D eigenvalue weighted by Gasteiger charge is 2.25. The van der Waals surface area contributed by atoms with E-state index < -0.39 is 21.9 Å². The lowest BCUT2D eigenvalue weighted by Crippen LogP contribution is -2.35. The second-order valence-corrected chi connectivity index (χ2v) is 7.83. The van der Waals surface area contributed by atoms with Crippen LogP contribution in [0.2, 0.25) is 0 Å². The van der Waals surface area contributed by atoms with Crippen LogP contribution in [0.4, 0.5) is 0 Å².